The van der Waals surface area contributed by atoms with Gasteiger partial charge in [0.1, 0.15) is 5.56 Å². The van der Waals surface area contributed by atoms with E-state index in [1.54, 1.807) is 11.8 Å². The van der Waals surface area contributed by atoms with Crippen molar-refractivity contribution in [3.8, 4) is 5.88 Å². The lowest BCUT2D eigenvalue weighted by atomic mass is 10.0. The largest absolute Gasteiger partial charge is 0.494 e. The summed E-state index contributed by atoms with van der Waals surface area (Å²) in [6, 6.07) is 15.3. The van der Waals surface area contributed by atoms with Crippen molar-refractivity contribution in [2.45, 2.75) is 42.9 Å². The molecule has 1 aromatic heterocycles. The van der Waals surface area contributed by atoms with Crippen LogP contribution >= 0.6 is 23.4 Å². The Bertz CT molecular complexity index is 1250. The number of rotatable bonds is 5. The van der Waals surface area contributed by atoms with Crippen molar-refractivity contribution in [3.63, 3.8) is 0 Å². The summed E-state index contributed by atoms with van der Waals surface area (Å²) in [5.41, 5.74) is 1.01. The summed E-state index contributed by atoms with van der Waals surface area (Å²) in [6.07, 6.45) is 1.96. The van der Waals surface area contributed by atoms with Gasteiger partial charge in [-0.25, -0.2) is 4.79 Å². The maximum atomic E-state index is 12.8. The second kappa shape index (κ2) is 9.16. The van der Waals surface area contributed by atoms with Crippen LogP contribution in [0, 0.1) is 0 Å². The quantitative estimate of drug-likeness (QED) is 0.563. The SMILES string of the molecule is CCCCn1c(O)c(C2=Nc3ccccc3S[C@@H](c3ccc(Cl)cc3)C2)c(=O)[nH]c1=O. The molecule has 6 nitrogen and oxygen atoms in total. The fourth-order valence-electron chi connectivity index (χ4n) is 3.58. The molecular formula is C23H22ClN3O3S. The van der Waals surface area contributed by atoms with Crippen LogP contribution in [0.15, 0.2) is 68.0 Å². The highest BCUT2D eigenvalue weighted by Crippen LogP contribution is 2.45. The molecule has 2 N–H and O–H groups in total. The molecule has 0 saturated carbocycles. The number of aromatic nitrogens is 2. The number of unbranched alkanes of at least 4 members (excludes halogenated alkanes) is 1. The number of para-hydroxylation sites is 1. The normalized spacial score (nSPS) is 15.8. The van der Waals surface area contributed by atoms with Gasteiger partial charge in [-0.2, -0.15) is 0 Å². The summed E-state index contributed by atoms with van der Waals surface area (Å²) in [5.74, 6) is -0.333. The molecule has 2 aromatic carbocycles. The lowest BCUT2D eigenvalue weighted by molar-refractivity contribution is 0.394. The van der Waals surface area contributed by atoms with Gasteiger partial charge >= 0.3 is 5.69 Å². The summed E-state index contributed by atoms with van der Waals surface area (Å²) >= 11 is 7.71. The molecular weight excluding hydrogens is 434 g/mol. The van der Waals surface area contributed by atoms with Crippen LogP contribution in [0.1, 0.15) is 42.6 Å². The molecule has 2 heterocycles. The summed E-state index contributed by atoms with van der Waals surface area (Å²) in [4.78, 5) is 33.1. The Kier molecular flexibility index (Phi) is 6.34. The molecule has 0 unspecified atom stereocenters. The van der Waals surface area contributed by atoms with Gasteiger partial charge in [0.05, 0.1) is 11.4 Å². The van der Waals surface area contributed by atoms with Gasteiger partial charge in [0.15, 0.2) is 0 Å². The number of aliphatic imine (C=N–C) groups is 1. The van der Waals surface area contributed by atoms with E-state index in [1.807, 2.05) is 55.5 Å². The Morgan fingerprint density at radius 3 is 2.68 bits per heavy atom. The van der Waals surface area contributed by atoms with Crippen molar-refractivity contribution in [2.24, 2.45) is 4.99 Å². The maximum absolute atomic E-state index is 12.8. The number of aromatic amines is 1. The van der Waals surface area contributed by atoms with Crippen molar-refractivity contribution in [1.29, 1.82) is 0 Å². The van der Waals surface area contributed by atoms with E-state index in [9.17, 15) is 14.7 Å². The number of thioether (sulfide) groups is 1. The number of benzene rings is 2. The number of fused-ring (bicyclic) bond motifs is 1. The molecule has 1 atom stereocenters. The molecule has 0 fully saturated rings. The van der Waals surface area contributed by atoms with E-state index in [1.165, 1.54) is 4.57 Å². The van der Waals surface area contributed by atoms with Gasteiger partial charge in [-0.1, -0.05) is 49.2 Å². The van der Waals surface area contributed by atoms with Crippen molar-refractivity contribution in [3.05, 3.63) is 85.5 Å². The average Bonchev–Trinajstić information content (AvgIpc) is 2.93. The maximum Gasteiger partial charge on any atom is 0.331 e. The average molecular weight is 456 g/mol. The molecule has 8 heteroatoms. The van der Waals surface area contributed by atoms with Crippen LogP contribution < -0.4 is 11.2 Å². The molecule has 0 saturated heterocycles. The zero-order valence-electron chi connectivity index (χ0n) is 17.0. The van der Waals surface area contributed by atoms with E-state index in [0.29, 0.717) is 30.1 Å². The van der Waals surface area contributed by atoms with E-state index in [2.05, 4.69) is 4.98 Å². The number of aromatic hydroxyl groups is 1. The topological polar surface area (TPSA) is 87.4 Å². The zero-order valence-corrected chi connectivity index (χ0v) is 18.5. The lowest BCUT2D eigenvalue weighted by Crippen LogP contribution is -2.34. The van der Waals surface area contributed by atoms with E-state index >= 15 is 0 Å². The minimum absolute atomic E-state index is 0.0468. The molecule has 0 aliphatic carbocycles. The van der Waals surface area contributed by atoms with Crippen LogP contribution in [0.3, 0.4) is 0 Å². The third-order valence-corrected chi connectivity index (χ3v) is 6.78. The first-order chi connectivity index (χ1) is 15.0. The Morgan fingerprint density at radius 1 is 1.19 bits per heavy atom. The minimum Gasteiger partial charge on any atom is -0.494 e. The van der Waals surface area contributed by atoms with Crippen molar-refractivity contribution in [1.82, 2.24) is 9.55 Å². The Balaban J connectivity index is 1.87. The Hall–Kier alpha value is -2.77. The van der Waals surface area contributed by atoms with Crippen LogP contribution in [0.25, 0.3) is 0 Å². The third-order valence-electron chi connectivity index (χ3n) is 5.21. The number of nitrogens with one attached hydrogen (secondary N) is 1. The molecule has 1 aliphatic heterocycles. The highest BCUT2D eigenvalue weighted by molar-refractivity contribution is 7.99. The van der Waals surface area contributed by atoms with Crippen LogP contribution in [0.2, 0.25) is 5.02 Å². The van der Waals surface area contributed by atoms with Crippen LogP contribution in [0.5, 0.6) is 5.88 Å². The Labute approximate surface area is 188 Å². The van der Waals surface area contributed by atoms with Gasteiger partial charge in [-0.3, -0.25) is 19.3 Å². The monoisotopic (exact) mass is 455 g/mol. The van der Waals surface area contributed by atoms with E-state index in [-0.39, 0.29) is 16.7 Å². The second-order valence-electron chi connectivity index (χ2n) is 7.35. The molecule has 4 rings (SSSR count). The fourth-order valence-corrected chi connectivity index (χ4v) is 4.93. The van der Waals surface area contributed by atoms with Crippen molar-refractivity contribution >= 4 is 34.8 Å². The molecule has 0 spiro atoms. The number of halogens is 1. The molecule has 0 amide bonds. The van der Waals surface area contributed by atoms with Crippen molar-refractivity contribution < 1.29 is 5.11 Å². The van der Waals surface area contributed by atoms with Crippen LogP contribution in [-0.2, 0) is 6.54 Å². The first kappa shape index (κ1) is 21.5. The molecule has 0 radical (unpaired) electrons. The first-order valence-corrected chi connectivity index (χ1v) is 11.4. The predicted octanol–water partition coefficient (Wildman–Crippen LogP) is 5.05. The summed E-state index contributed by atoms with van der Waals surface area (Å²) in [5, 5.41) is 11.5. The summed E-state index contributed by atoms with van der Waals surface area (Å²) in [6.45, 7) is 2.32. The van der Waals surface area contributed by atoms with Gasteiger partial charge in [0.25, 0.3) is 5.56 Å². The lowest BCUT2D eigenvalue weighted by Gasteiger charge is -2.17. The highest BCUT2D eigenvalue weighted by Gasteiger charge is 2.27. The fraction of sp³-hybridized carbons (Fsp3) is 0.261. The smallest absolute Gasteiger partial charge is 0.331 e. The number of hydrogen-bond donors (Lipinski definition) is 2. The van der Waals surface area contributed by atoms with Gasteiger partial charge in [0.2, 0.25) is 5.88 Å². The predicted molar refractivity (Wildman–Crippen MR) is 125 cm³/mol. The summed E-state index contributed by atoms with van der Waals surface area (Å²) < 4.78 is 1.21. The van der Waals surface area contributed by atoms with E-state index in [4.69, 9.17) is 16.6 Å². The van der Waals surface area contributed by atoms with Crippen molar-refractivity contribution in [2.75, 3.05) is 0 Å². The van der Waals surface area contributed by atoms with Gasteiger partial charge < -0.3 is 5.11 Å². The van der Waals surface area contributed by atoms with E-state index < -0.39 is 11.2 Å². The number of H-pyrrole nitrogens is 1. The summed E-state index contributed by atoms with van der Waals surface area (Å²) in [7, 11) is 0. The van der Waals surface area contributed by atoms with E-state index in [0.717, 1.165) is 22.6 Å². The third kappa shape index (κ3) is 4.48. The Morgan fingerprint density at radius 2 is 1.94 bits per heavy atom. The highest BCUT2D eigenvalue weighted by atomic mass is 35.5. The molecule has 3 aromatic rings. The molecule has 1 aliphatic rings. The standard InChI is InChI=1S/C23H22ClN3O3S/c1-2-3-12-27-22(29)20(21(28)26-23(27)30)17-13-19(14-8-10-15(24)11-9-14)31-18-7-5-4-6-16(18)25-17/h4-11,19,29H,2-3,12-13H2,1H3,(H,26,28,30)/t19-/m1/s1. The number of nitrogens with zero attached hydrogens (tertiary/aromatic N) is 2. The first-order valence-electron chi connectivity index (χ1n) is 10.1. The molecule has 0 bridgehead atoms. The number of hydrogen-bond acceptors (Lipinski definition) is 5. The van der Waals surface area contributed by atoms with Crippen LogP contribution in [0.4, 0.5) is 5.69 Å². The van der Waals surface area contributed by atoms with Gasteiger partial charge in [-0.05, 0) is 36.2 Å². The molecule has 160 valence electrons. The second-order valence-corrected chi connectivity index (χ2v) is 9.03. The van der Waals surface area contributed by atoms with Gasteiger partial charge in [0, 0.05) is 28.1 Å². The van der Waals surface area contributed by atoms with Crippen LogP contribution in [-0.4, -0.2) is 20.4 Å². The zero-order chi connectivity index (χ0) is 22.0. The minimum atomic E-state index is -0.631. The van der Waals surface area contributed by atoms with Gasteiger partial charge in [-0.15, -0.1) is 11.8 Å². The molecule has 31 heavy (non-hydrogen) atoms.